The van der Waals surface area contributed by atoms with Gasteiger partial charge in [0.1, 0.15) is 16.3 Å². The summed E-state index contributed by atoms with van der Waals surface area (Å²) >= 11 is 7.28. The number of hydrogen-bond donors (Lipinski definition) is 3. The number of fused-ring (bicyclic) bond motifs is 1. The minimum atomic E-state index is -0.487. The smallest absolute Gasteiger partial charge is 0.185 e. The molecule has 0 spiro atoms. The van der Waals surface area contributed by atoms with E-state index in [4.69, 9.17) is 17.3 Å². The number of benzene rings is 1. The van der Waals surface area contributed by atoms with Gasteiger partial charge in [0.25, 0.3) is 0 Å². The lowest BCUT2D eigenvalue weighted by Crippen LogP contribution is -2.45. The molecule has 4 rings (SSSR count). The van der Waals surface area contributed by atoms with E-state index >= 15 is 0 Å². The molecule has 2 aromatic heterocycles. The highest BCUT2D eigenvalue weighted by Crippen LogP contribution is 2.31. The van der Waals surface area contributed by atoms with Gasteiger partial charge < -0.3 is 16.4 Å². The summed E-state index contributed by atoms with van der Waals surface area (Å²) in [4.78, 5) is 15.7. The molecule has 0 unspecified atom stereocenters. The summed E-state index contributed by atoms with van der Waals surface area (Å²) in [6.45, 7) is 5.94. The van der Waals surface area contributed by atoms with E-state index in [1.807, 2.05) is 0 Å². The van der Waals surface area contributed by atoms with Crippen LogP contribution in [0.5, 0.6) is 0 Å². The highest BCUT2D eigenvalue weighted by atomic mass is 35.5. The minimum absolute atomic E-state index is 0.0170. The number of rotatable bonds is 5. The van der Waals surface area contributed by atoms with Crippen LogP contribution in [0.2, 0.25) is 5.02 Å². The fourth-order valence-corrected chi connectivity index (χ4v) is 3.95. The topological polar surface area (TPSA) is 92.0 Å². The Hall–Kier alpha value is -2.07. The zero-order valence-corrected chi connectivity index (χ0v) is 16.1. The summed E-state index contributed by atoms with van der Waals surface area (Å²) in [6, 6.07) is 4.34. The van der Waals surface area contributed by atoms with E-state index in [1.54, 1.807) is 6.07 Å². The molecule has 4 N–H and O–H groups in total. The van der Waals surface area contributed by atoms with Gasteiger partial charge in [-0.25, -0.2) is 14.4 Å². The van der Waals surface area contributed by atoms with Crippen molar-refractivity contribution < 1.29 is 4.39 Å². The van der Waals surface area contributed by atoms with Crippen molar-refractivity contribution in [2.45, 2.75) is 0 Å². The number of aromatic nitrogens is 3. The van der Waals surface area contributed by atoms with Crippen LogP contribution < -0.4 is 16.4 Å². The summed E-state index contributed by atoms with van der Waals surface area (Å²) in [6.07, 6.45) is 0. The maximum atomic E-state index is 13.4. The van der Waals surface area contributed by atoms with Crippen molar-refractivity contribution in [2.24, 2.45) is 0 Å². The van der Waals surface area contributed by atoms with E-state index in [9.17, 15) is 4.39 Å². The molecule has 142 valence electrons. The fraction of sp³-hybridized carbons (Fsp3) is 0.353. The molecule has 3 aromatic rings. The zero-order chi connectivity index (χ0) is 18.8. The van der Waals surface area contributed by atoms with Crippen LogP contribution in [-0.2, 0) is 0 Å². The SMILES string of the molecule is Nc1nc(-c2ccc(F)c(Cl)c2)nc2nc(NCCN3CCNCC3)sc12. The molecule has 1 fully saturated rings. The number of nitrogens with zero attached hydrogens (tertiary/aromatic N) is 4. The Morgan fingerprint density at radius 1 is 1.26 bits per heavy atom. The van der Waals surface area contributed by atoms with Crippen LogP contribution in [0.15, 0.2) is 18.2 Å². The summed E-state index contributed by atoms with van der Waals surface area (Å²) < 4.78 is 14.1. The Kier molecular flexibility index (Phi) is 5.35. The quantitative estimate of drug-likeness (QED) is 0.598. The lowest BCUT2D eigenvalue weighted by molar-refractivity contribution is 0.249. The molecule has 0 radical (unpaired) electrons. The number of hydrogen-bond acceptors (Lipinski definition) is 8. The average molecular weight is 408 g/mol. The summed E-state index contributed by atoms with van der Waals surface area (Å²) in [5, 5.41) is 7.45. The number of nitrogens with two attached hydrogens (primary N) is 1. The number of halogens is 2. The van der Waals surface area contributed by atoms with Crippen molar-refractivity contribution in [3.8, 4) is 11.4 Å². The lowest BCUT2D eigenvalue weighted by Gasteiger charge is -2.26. The highest BCUT2D eigenvalue weighted by molar-refractivity contribution is 7.22. The van der Waals surface area contributed by atoms with E-state index in [0.717, 1.165) is 49.1 Å². The predicted octanol–water partition coefficient (Wildman–Crippen LogP) is 2.45. The maximum absolute atomic E-state index is 13.4. The Balaban J connectivity index is 1.51. The van der Waals surface area contributed by atoms with Crippen LogP contribution in [0.4, 0.5) is 15.3 Å². The van der Waals surface area contributed by atoms with Crippen molar-refractivity contribution in [2.75, 3.05) is 50.3 Å². The third-order valence-corrected chi connectivity index (χ3v) is 5.69. The molecule has 1 saturated heterocycles. The Bertz CT molecular complexity index is 958. The minimum Gasteiger partial charge on any atom is -0.382 e. The molecule has 0 aliphatic carbocycles. The summed E-state index contributed by atoms with van der Waals surface area (Å²) in [7, 11) is 0. The van der Waals surface area contributed by atoms with Gasteiger partial charge in [-0.1, -0.05) is 22.9 Å². The van der Waals surface area contributed by atoms with Crippen molar-refractivity contribution in [3.63, 3.8) is 0 Å². The van der Waals surface area contributed by atoms with E-state index in [1.165, 1.54) is 23.5 Å². The first kappa shape index (κ1) is 18.3. The molecule has 0 atom stereocenters. The van der Waals surface area contributed by atoms with Crippen molar-refractivity contribution in [1.82, 2.24) is 25.2 Å². The van der Waals surface area contributed by atoms with Crippen LogP contribution >= 0.6 is 22.9 Å². The first-order valence-electron chi connectivity index (χ1n) is 8.66. The number of piperazine rings is 1. The lowest BCUT2D eigenvalue weighted by atomic mass is 10.2. The average Bonchev–Trinajstić information content (AvgIpc) is 3.08. The molecule has 3 heterocycles. The first-order chi connectivity index (χ1) is 13.1. The van der Waals surface area contributed by atoms with E-state index in [2.05, 4.69) is 30.5 Å². The predicted molar refractivity (Wildman–Crippen MR) is 108 cm³/mol. The van der Waals surface area contributed by atoms with Crippen LogP contribution in [0, 0.1) is 5.82 Å². The van der Waals surface area contributed by atoms with Crippen LogP contribution in [0.25, 0.3) is 21.7 Å². The van der Waals surface area contributed by atoms with Gasteiger partial charge >= 0.3 is 0 Å². The van der Waals surface area contributed by atoms with Crippen molar-refractivity contribution in [1.29, 1.82) is 0 Å². The number of nitrogen functional groups attached to an aromatic ring is 1. The summed E-state index contributed by atoms with van der Waals surface area (Å²) in [5.74, 6) is 0.238. The standard InChI is InChI=1S/C17H19ClFN7S/c18-11-9-10(1-2-12(11)19)15-23-14(20)13-16(24-15)25-17(27-13)22-5-8-26-6-3-21-4-7-26/h1-2,9,21H,3-8H2,(H3,20,22,23,24,25). The maximum Gasteiger partial charge on any atom is 0.185 e. The largest absolute Gasteiger partial charge is 0.382 e. The Labute approximate surface area is 164 Å². The zero-order valence-electron chi connectivity index (χ0n) is 14.5. The second-order valence-corrected chi connectivity index (χ2v) is 7.66. The third-order valence-electron chi connectivity index (χ3n) is 4.37. The van der Waals surface area contributed by atoms with Gasteiger partial charge in [-0.3, -0.25) is 4.90 Å². The molecule has 1 aliphatic rings. The molecule has 10 heteroatoms. The molecular weight excluding hydrogens is 389 g/mol. The van der Waals surface area contributed by atoms with Gasteiger partial charge in [-0.05, 0) is 18.2 Å². The van der Waals surface area contributed by atoms with Crippen LogP contribution in [0.1, 0.15) is 0 Å². The molecule has 0 bridgehead atoms. The van der Waals surface area contributed by atoms with Crippen LogP contribution in [-0.4, -0.2) is 59.1 Å². The monoisotopic (exact) mass is 407 g/mol. The van der Waals surface area contributed by atoms with Gasteiger partial charge in [-0.15, -0.1) is 0 Å². The van der Waals surface area contributed by atoms with Crippen molar-refractivity contribution >= 4 is 44.2 Å². The van der Waals surface area contributed by atoms with Gasteiger partial charge in [0.05, 0.1) is 5.02 Å². The number of thiazole rings is 1. The first-order valence-corrected chi connectivity index (χ1v) is 9.86. The summed E-state index contributed by atoms with van der Waals surface area (Å²) in [5.41, 5.74) is 7.21. The number of nitrogens with one attached hydrogen (secondary N) is 2. The van der Waals surface area contributed by atoms with E-state index in [-0.39, 0.29) is 5.02 Å². The molecular formula is C17H19ClFN7S. The molecule has 1 aromatic carbocycles. The van der Waals surface area contributed by atoms with Gasteiger partial charge in [0.2, 0.25) is 0 Å². The van der Waals surface area contributed by atoms with Gasteiger partial charge in [-0.2, -0.15) is 4.98 Å². The Morgan fingerprint density at radius 3 is 2.85 bits per heavy atom. The Morgan fingerprint density at radius 2 is 2.07 bits per heavy atom. The second kappa shape index (κ2) is 7.89. The van der Waals surface area contributed by atoms with Gasteiger partial charge in [0, 0.05) is 44.8 Å². The fourth-order valence-electron chi connectivity index (χ4n) is 2.94. The molecule has 7 nitrogen and oxygen atoms in total. The van der Waals surface area contributed by atoms with Gasteiger partial charge in [0.15, 0.2) is 16.6 Å². The van der Waals surface area contributed by atoms with Crippen LogP contribution in [0.3, 0.4) is 0 Å². The molecule has 0 saturated carbocycles. The van der Waals surface area contributed by atoms with E-state index < -0.39 is 5.82 Å². The van der Waals surface area contributed by atoms with E-state index in [0.29, 0.717) is 22.9 Å². The molecule has 27 heavy (non-hydrogen) atoms. The normalized spacial score (nSPS) is 15.3. The highest BCUT2D eigenvalue weighted by Gasteiger charge is 2.14. The molecule has 0 amide bonds. The number of anilines is 2. The second-order valence-electron chi connectivity index (χ2n) is 6.25. The third kappa shape index (κ3) is 4.11. The molecule has 1 aliphatic heterocycles. The van der Waals surface area contributed by atoms with Crippen molar-refractivity contribution in [3.05, 3.63) is 29.0 Å².